The van der Waals surface area contributed by atoms with Crippen molar-refractivity contribution in [2.75, 3.05) is 13.1 Å². The summed E-state index contributed by atoms with van der Waals surface area (Å²) in [5.74, 6) is 1.61. The molecule has 0 radical (unpaired) electrons. The van der Waals surface area contributed by atoms with Crippen molar-refractivity contribution >= 4 is 11.6 Å². The molecule has 2 rings (SSSR count). The normalized spacial score (nSPS) is 10.9. The predicted molar refractivity (Wildman–Crippen MR) is 78.6 cm³/mol. The maximum Gasteiger partial charge on any atom is 0.194 e. The minimum atomic E-state index is 0.742. The molecule has 1 N–H and O–H groups in total. The number of oxazole rings is 1. The molecule has 2 aromatic rings. The molecular formula is C15H19ClN2O. The maximum absolute atomic E-state index is 5.95. The van der Waals surface area contributed by atoms with Crippen LogP contribution in [0, 0.1) is 6.92 Å². The van der Waals surface area contributed by atoms with Crippen LogP contribution >= 0.6 is 11.6 Å². The van der Waals surface area contributed by atoms with Gasteiger partial charge in [-0.3, -0.25) is 0 Å². The zero-order valence-corrected chi connectivity index (χ0v) is 12.1. The summed E-state index contributed by atoms with van der Waals surface area (Å²) in [7, 11) is 0. The molecule has 3 nitrogen and oxygen atoms in total. The number of nitrogens with zero attached hydrogens (tertiary/aromatic N) is 1. The first-order valence-electron chi connectivity index (χ1n) is 6.62. The van der Waals surface area contributed by atoms with Gasteiger partial charge in [0.15, 0.2) is 11.7 Å². The van der Waals surface area contributed by atoms with Crippen molar-refractivity contribution < 1.29 is 4.42 Å². The molecular weight excluding hydrogens is 260 g/mol. The summed E-state index contributed by atoms with van der Waals surface area (Å²) in [6, 6.07) is 5.78. The molecule has 0 spiro atoms. The van der Waals surface area contributed by atoms with Crippen LogP contribution in [0.2, 0.25) is 5.02 Å². The lowest BCUT2D eigenvalue weighted by Crippen LogP contribution is -2.14. The minimum absolute atomic E-state index is 0.742. The third-order valence-corrected chi connectivity index (χ3v) is 3.24. The molecule has 0 aliphatic rings. The van der Waals surface area contributed by atoms with Gasteiger partial charge in [-0.25, -0.2) is 4.98 Å². The van der Waals surface area contributed by atoms with Crippen LogP contribution in [0.5, 0.6) is 0 Å². The van der Waals surface area contributed by atoms with Crippen LogP contribution in [0.3, 0.4) is 0 Å². The second kappa shape index (κ2) is 6.73. The third-order valence-electron chi connectivity index (χ3n) is 3.00. The van der Waals surface area contributed by atoms with Gasteiger partial charge in [-0.2, -0.15) is 0 Å². The molecule has 0 aliphatic heterocycles. The Balaban J connectivity index is 2.04. The summed E-state index contributed by atoms with van der Waals surface area (Å²) < 4.78 is 5.79. The SMILES string of the molecule is CCNCCCc1ncc(-c2ccc(Cl)cc2C)o1. The number of hydrogen-bond acceptors (Lipinski definition) is 3. The maximum atomic E-state index is 5.95. The Hall–Kier alpha value is -1.32. The van der Waals surface area contributed by atoms with Gasteiger partial charge >= 0.3 is 0 Å². The van der Waals surface area contributed by atoms with Crippen LogP contribution < -0.4 is 5.32 Å². The number of halogens is 1. The summed E-state index contributed by atoms with van der Waals surface area (Å²) in [6.45, 7) is 6.12. The second-order valence-electron chi connectivity index (χ2n) is 4.53. The number of aryl methyl sites for hydroxylation is 2. The fourth-order valence-electron chi connectivity index (χ4n) is 2.00. The lowest BCUT2D eigenvalue weighted by molar-refractivity contribution is 0.493. The highest BCUT2D eigenvalue weighted by Crippen LogP contribution is 2.26. The second-order valence-corrected chi connectivity index (χ2v) is 4.97. The van der Waals surface area contributed by atoms with Gasteiger partial charge in [0.05, 0.1) is 6.20 Å². The first-order chi connectivity index (χ1) is 9.20. The van der Waals surface area contributed by atoms with Gasteiger partial charge in [0.1, 0.15) is 0 Å². The molecule has 0 aliphatic carbocycles. The molecule has 1 heterocycles. The summed E-state index contributed by atoms with van der Waals surface area (Å²) in [6.07, 6.45) is 3.69. The van der Waals surface area contributed by atoms with Gasteiger partial charge in [-0.15, -0.1) is 0 Å². The zero-order chi connectivity index (χ0) is 13.7. The van der Waals surface area contributed by atoms with E-state index >= 15 is 0 Å². The fraction of sp³-hybridized carbons (Fsp3) is 0.400. The molecule has 1 aromatic heterocycles. The van der Waals surface area contributed by atoms with E-state index in [-0.39, 0.29) is 0 Å². The predicted octanol–water partition coefficient (Wildman–Crippen LogP) is 3.85. The first-order valence-corrected chi connectivity index (χ1v) is 7.00. The highest BCUT2D eigenvalue weighted by molar-refractivity contribution is 6.30. The largest absolute Gasteiger partial charge is 0.441 e. The summed E-state index contributed by atoms with van der Waals surface area (Å²) in [4.78, 5) is 4.33. The van der Waals surface area contributed by atoms with E-state index in [1.165, 1.54) is 0 Å². The van der Waals surface area contributed by atoms with E-state index in [4.69, 9.17) is 16.0 Å². The van der Waals surface area contributed by atoms with Crippen molar-refractivity contribution in [1.82, 2.24) is 10.3 Å². The lowest BCUT2D eigenvalue weighted by atomic mass is 10.1. The minimum Gasteiger partial charge on any atom is -0.441 e. The third kappa shape index (κ3) is 3.82. The monoisotopic (exact) mass is 278 g/mol. The van der Waals surface area contributed by atoms with Gasteiger partial charge in [0.25, 0.3) is 0 Å². The van der Waals surface area contributed by atoms with Crippen molar-refractivity contribution in [3.05, 3.63) is 40.9 Å². The molecule has 0 saturated carbocycles. The zero-order valence-electron chi connectivity index (χ0n) is 11.4. The Morgan fingerprint density at radius 3 is 2.95 bits per heavy atom. The Bertz CT molecular complexity index is 537. The molecule has 0 unspecified atom stereocenters. The van der Waals surface area contributed by atoms with E-state index in [1.807, 2.05) is 25.1 Å². The number of rotatable bonds is 6. The van der Waals surface area contributed by atoms with E-state index in [2.05, 4.69) is 17.2 Å². The summed E-state index contributed by atoms with van der Waals surface area (Å²) in [5, 5.41) is 4.03. The highest BCUT2D eigenvalue weighted by atomic mass is 35.5. The smallest absolute Gasteiger partial charge is 0.194 e. The van der Waals surface area contributed by atoms with Crippen LogP contribution in [0.25, 0.3) is 11.3 Å². The van der Waals surface area contributed by atoms with Crippen molar-refractivity contribution in [3.63, 3.8) is 0 Å². The van der Waals surface area contributed by atoms with E-state index in [1.54, 1.807) is 6.20 Å². The van der Waals surface area contributed by atoms with Crippen molar-refractivity contribution in [3.8, 4) is 11.3 Å². The molecule has 19 heavy (non-hydrogen) atoms. The molecule has 0 fully saturated rings. The molecule has 4 heteroatoms. The molecule has 0 saturated heterocycles. The topological polar surface area (TPSA) is 38.1 Å². The Labute approximate surface area is 119 Å². The molecule has 0 atom stereocenters. The molecule has 0 amide bonds. The standard InChI is InChI=1S/C15H19ClN2O/c1-3-17-8-4-5-15-18-10-14(19-15)13-7-6-12(16)9-11(13)2/h6-7,9-10,17H,3-5,8H2,1-2H3. The van der Waals surface area contributed by atoms with Crippen LogP contribution in [0.1, 0.15) is 24.8 Å². The Kier molecular flexibility index (Phi) is 5.00. The number of benzene rings is 1. The van der Waals surface area contributed by atoms with Crippen molar-refractivity contribution in [1.29, 1.82) is 0 Å². The van der Waals surface area contributed by atoms with E-state index in [9.17, 15) is 0 Å². The summed E-state index contributed by atoms with van der Waals surface area (Å²) >= 11 is 5.95. The van der Waals surface area contributed by atoms with E-state index in [0.717, 1.165) is 53.7 Å². The van der Waals surface area contributed by atoms with Crippen LogP contribution in [0.4, 0.5) is 0 Å². The quantitative estimate of drug-likeness (QED) is 0.816. The molecule has 0 bridgehead atoms. The first kappa shape index (κ1) is 14.1. The Morgan fingerprint density at radius 2 is 2.21 bits per heavy atom. The number of hydrogen-bond donors (Lipinski definition) is 1. The van der Waals surface area contributed by atoms with E-state index < -0.39 is 0 Å². The van der Waals surface area contributed by atoms with Crippen molar-refractivity contribution in [2.45, 2.75) is 26.7 Å². The highest BCUT2D eigenvalue weighted by Gasteiger charge is 2.09. The van der Waals surface area contributed by atoms with Gasteiger partial charge in [-0.05, 0) is 50.2 Å². The average molecular weight is 279 g/mol. The van der Waals surface area contributed by atoms with Crippen LogP contribution in [0.15, 0.2) is 28.8 Å². The van der Waals surface area contributed by atoms with Gasteiger partial charge in [0.2, 0.25) is 0 Å². The van der Waals surface area contributed by atoms with Crippen LogP contribution in [-0.2, 0) is 6.42 Å². The lowest BCUT2D eigenvalue weighted by Gasteiger charge is -2.02. The fourth-order valence-corrected chi connectivity index (χ4v) is 2.22. The Morgan fingerprint density at radius 1 is 1.37 bits per heavy atom. The number of nitrogens with one attached hydrogen (secondary N) is 1. The van der Waals surface area contributed by atoms with Crippen LogP contribution in [-0.4, -0.2) is 18.1 Å². The average Bonchev–Trinajstić information content (AvgIpc) is 2.83. The van der Waals surface area contributed by atoms with Gasteiger partial charge < -0.3 is 9.73 Å². The summed E-state index contributed by atoms with van der Waals surface area (Å²) in [5.41, 5.74) is 2.15. The van der Waals surface area contributed by atoms with Gasteiger partial charge in [-0.1, -0.05) is 18.5 Å². The van der Waals surface area contributed by atoms with Gasteiger partial charge in [0, 0.05) is 17.0 Å². The molecule has 102 valence electrons. The van der Waals surface area contributed by atoms with E-state index in [0.29, 0.717) is 0 Å². The van der Waals surface area contributed by atoms with Crippen molar-refractivity contribution in [2.24, 2.45) is 0 Å². The number of aromatic nitrogens is 1. The molecule has 1 aromatic carbocycles.